The summed E-state index contributed by atoms with van der Waals surface area (Å²) in [6.07, 6.45) is 0. The third-order valence-electron chi connectivity index (χ3n) is 9.78. The molecule has 0 fully saturated rings. The van der Waals surface area contributed by atoms with Crippen LogP contribution in [0.1, 0.15) is 69.2 Å². The van der Waals surface area contributed by atoms with E-state index in [-0.39, 0.29) is 0 Å². The van der Waals surface area contributed by atoms with Gasteiger partial charge in [-0.25, -0.2) is 4.79 Å². The Hall–Kier alpha value is -4.43. The number of carbonyl (C=O) groups is 11. The SMILES string of the molecule is C[C@H](N)C(=O)N(C(=O)[C@H](C)N)[C@@](C(=O)O)(C(=O)[C@H](C)N)C(C(=O)[C@H](C)N)(C(C(=O)[C@H](C)N)(C(=O)[C@H](C)N)C(=O)[C@H](C)N)C(C(=O)[C@H](C)N)(C(=O)[C@H](C)N)C(=O)[C@H](C)N. The Bertz CT molecular complexity index is 1530. The summed E-state index contributed by atoms with van der Waals surface area (Å²) < 4.78 is 0. The van der Waals surface area contributed by atoms with Gasteiger partial charge in [0.25, 0.3) is 0 Å². The van der Waals surface area contributed by atoms with Gasteiger partial charge in [-0.05, 0) is 69.2 Å². The van der Waals surface area contributed by atoms with Crippen molar-refractivity contribution in [3.63, 3.8) is 0 Å². The Morgan fingerprint density at radius 2 is 0.534 bits per heavy atom. The van der Waals surface area contributed by atoms with Crippen LogP contribution in [0.3, 0.4) is 0 Å². The molecule has 0 aliphatic heterocycles. The average molecular weight is 828 g/mol. The number of amides is 2. The van der Waals surface area contributed by atoms with Crippen LogP contribution in [0.4, 0.5) is 0 Å². The molecule has 11 atom stereocenters. The predicted octanol–water partition coefficient (Wildman–Crippen LogP) is -6.85. The molecule has 2 amide bonds. The van der Waals surface area contributed by atoms with Gasteiger partial charge in [0, 0.05) is 0 Å². The van der Waals surface area contributed by atoms with Crippen LogP contribution in [0.15, 0.2) is 0 Å². The van der Waals surface area contributed by atoms with Crippen molar-refractivity contribution in [2.75, 3.05) is 0 Å². The summed E-state index contributed by atoms with van der Waals surface area (Å²) in [6.45, 7) is 7.65. The number of carboxylic acids is 1. The van der Waals surface area contributed by atoms with Crippen LogP contribution in [0, 0.1) is 16.2 Å². The maximum Gasteiger partial charge on any atom is 0.339 e. The molecule has 0 aromatic rings. The first-order chi connectivity index (χ1) is 26.1. The van der Waals surface area contributed by atoms with Gasteiger partial charge < -0.3 is 62.4 Å². The maximum absolute atomic E-state index is 16.1. The predicted molar refractivity (Wildman–Crippen MR) is 206 cm³/mol. The molecule has 23 heteroatoms. The first-order valence-electron chi connectivity index (χ1n) is 18.1. The summed E-state index contributed by atoms with van der Waals surface area (Å²) in [6, 6.07) is -23.3. The van der Waals surface area contributed by atoms with Crippen molar-refractivity contribution >= 4 is 64.0 Å². The molecule has 0 rings (SSSR count). The van der Waals surface area contributed by atoms with Gasteiger partial charge in [-0.3, -0.25) is 52.8 Å². The van der Waals surface area contributed by atoms with Crippen LogP contribution in [0.5, 0.6) is 0 Å². The molecule has 0 saturated heterocycles. The summed E-state index contributed by atoms with van der Waals surface area (Å²) in [5, 5.41) is 11.9. The number of rotatable bonds is 23. The standard InChI is InChI=1S/C35H61N11O12/c1-11(36)21(47)32(22(48)12(2)37,23(49)13(3)38)35(28(54)18(8)43,33(24(50)14(4)39,25(51)15(5)40)26(52)16(6)41)34(31(57)58,27(53)17(7)42)46(29(55)19(9)44)30(56)20(10)45/h11-20H,36-45H2,1-10H3,(H,57,58)/t11-,12-,13-,14-,15-,16-,17-,18-,19-,20-,34+/m0/s1. The van der Waals surface area contributed by atoms with Crippen LogP contribution >= 0.6 is 0 Å². The fraction of sp³-hybridized carbons (Fsp3) is 0.686. The van der Waals surface area contributed by atoms with Crippen molar-refractivity contribution in [2.45, 2.75) is 135 Å². The Balaban J connectivity index is 12.2. The minimum Gasteiger partial charge on any atom is -0.479 e. The molecule has 0 spiro atoms. The Labute approximate surface area is 335 Å². The summed E-state index contributed by atoms with van der Waals surface area (Å²) in [7, 11) is 0. The molecule has 328 valence electrons. The second kappa shape index (κ2) is 19.1. The summed E-state index contributed by atoms with van der Waals surface area (Å²) in [4.78, 5) is 168. The molecule has 0 aromatic heterocycles. The van der Waals surface area contributed by atoms with Gasteiger partial charge in [-0.15, -0.1) is 0 Å². The van der Waals surface area contributed by atoms with E-state index in [1.165, 1.54) is 0 Å². The number of imide groups is 1. The van der Waals surface area contributed by atoms with E-state index in [0.717, 1.165) is 55.4 Å². The highest BCUT2D eigenvalue weighted by atomic mass is 16.4. The number of aliphatic carboxylic acids is 1. The van der Waals surface area contributed by atoms with Crippen LogP contribution < -0.4 is 57.3 Å². The molecule has 21 N–H and O–H groups in total. The van der Waals surface area contributed by atoms with E-state index in [1.807, 2.05) is 0 Å². The zero-order chi connectivity index (χ0) is 46.7. The topological polar surface area (TPSA) is 471 Å². The smallest absolute Gasteiger partial charge is 0.339 e. The van der Waals surface area contributed by atoms with Gasteiger partial charge in [0.15, 0.2) is 57.1 Å². The van der Waals surface area contributed by atoms with Crippen molar-refractivity contribution in [3.8, 4) is 0 Å². The van der Waals surface area contributed by atoms with Gasteiger partial charge >= 0.3 is 5.97 Å². The molecule has 0 bridgehead atoms. The number of nitrogens with zero attached hydrogens (tertiary/aromatic N) is 1. The van der Waals surface area contributed by atoms with E-state index in [1.54, 1.807) is 0 Å². The lowest BCUT2D eigenvalue weighted by atomic mass is 9.33. The number of carbonyl (C=O) groups excluding carboxylic acids is 10. The first-order valence-corrected chi connectivity index (χ1v) is 18.1. The maximum atomic E-state index is 16.1. The minimum absolute atomic E-state index is 0.616. The fourth-order valence-electron chi connectivity index (χ4n) is 7.60. The molecule has 0 saturated carbocycles. The van der Waals surface area contributed by atoms with Crippen molar-refractivity contribution in [1.29, 1.82) is 0 Å². The Kier molecular flexibility index (Phi) is 17.6. The normalized spacial score (nSPS) is 18.6. The van der Waals surface area contributed by atoms with E-state index in [0.29, 0.717) is 13.8 Å². The number of hydrogen-bond donors (Lipinski definition) is 11. The van der Waals surface area contributed by atoms with Crippen molar-refractivity contribution in [3.05, 3.63) is 0 Å². The molecular weight excluding hydrogens is 766 g/mol. The quantitative estimate of drug-likeness (QED) is 0.0426. The molecule has 0 heterocycles. The highest BCUT2D eigenvalue weighted by molar-refractivity contribution is 6.41. The zero-order valence-corrected chi connectivity index (χ0v) is 34.4. The minimum atomic E-state index is -5.08. The monoisotopic (exact) mass is 827 g/mol. The third-order valence-corrected chi connectivity index (χ3v) is 9.78. The lowest BCUT2D eigenvalue weighted by Crippen LogP contribution is -2.92. The Morgan fingerprint density at radius 3 is 0.672 bits per heavy atom. The first kappa shape index (κ1) is 53.6. The van der Waals surface area contributed by atoms with E-state index in [4.69, 9.17) is 57.3 Å². The van der Waals surface area contributed by atoms with Crippen molar-refractivity contribution < 1.29 is 57.8 Å². The average Bonchev–Trinajstić information content (AvgIpc) is 3.10. The van der Waals surface area contributed by atoms with Crippen LogP contribution in [0.2, 0.25) is 0 Å². The summed E-state index contributed by atoms with van der Waals surface area (Å²) in [5.74, 6) is -24.4. The second-order valence-corrected chi connectivity index (χ2v) is 15.1. The number of nitrogens with two attached hydrogens (primary N) is 10. The van der Waals surface area contributed by atoms with Crippen LogP contribution in [-0.2, 0) is 52.7 Å². The third kappa shape index (κ3) is 7.74. The number of carboxylic acid groups (broad SMARTS) is 1. The molecule has 0 radical (unpaired) electrons. The van der Waals surface area contributed by atoms with Crippen molar-refractivity contribution in [1.82, 2.24) is 4.90 Å². The molecule has 23 nitrogen and oxygen atoms in total. The number of ketones is 8. The molecule has 0 aromatic carbocycles. The van der Waals surface area contributed by atoms with Crippen LogP contribution in [0.25, 0.3) is 0 Å². The summed E-state index contributed by atoms with van der Waals surface area (Å²) in [5.41, 5.74) is 41.6. The number of Topliss-reactive ketones (excluding diaryl/α,β-unsaturated/α-hetero) is 8. The molecule has 0 aliphatic carbocycles. The highest BCUT2D eigenvalue weighted by Crippen LogP contribution is 2.65. The fourth-order valence-corrected chi connectivity index (χ4v) is 7.60. The lowest BCUT2D eigenvalue weighted by molar-refractivity contribution is -0.214. The van der Waals surface area contributed by atoms with E-state index < -0.39 is 151 Å². The lowest BCUT2D eigenvalue weighted by Gasteiger charge is -2.64. The van der Waals surface area contributed by atoms with E-state index >= 15 is 38.4 Å². The zero-order valence-electron chi connectivity index (χ0n) is 34.4. The van der Waals surface area contributed by atoms with Gasteiger partial charge in [-0.2, -0.15) is 0 Å². The highest BCUT2D eigenvalue weighted by Gasteiger charge is 2.92. The molecular formula is C35H61N11O12. The van der Waals surface area contributed by atoms with Crippen LogP contribution in [-0.4, -0.2) is 140 Å². The van der Waals surface area contributed by atoms with Gasteiger partial charge in [0.2, 0.25) is 17.4 Å². The molecule has 0 aliphatic rings. The largest absolute Gasteiger partial charge is 0.479 e. The molecule has 58 heavy (non-hydrogen) atoms. The second-order valence-electron chi connectivity index (χ2n) is 15.1. The van der Waals surface area contributed by atoms with Crippen molar-refractivity contribution in [2.24, 2.45) is 73.6 Å². The van der Waals surface area contributed by atoms with E-state index in [9.17, 15) is 19.5 Å². The van der Waals surface area contributed by atoms with Gasteiger partial charge in [0.1, 0.15) is 5.41 Å². The van der Waals surface area contributed by atoms with Gasteiger partial charge in [-0.1, -0.05) is 0 Å². The molecule has 0 unspecified atom stereocenters. The van der Waals surface area contributed by atoms with Gasteiger partial charge in [0.05, 0.1) is 60.4 Å². The van der Waals surface area contributed by atoms with E-state index in [2.05, 4.69) is 0 Å². The number of hydrogen-bond acceptors (Lipinski definition) is 21. The summed E-state index contributed by atoms with van der Waals surface area (Å²) >= 11 is 0. The Morgan fingerprint density at radius 1 is 0.345 bits per heavy atom.